The molecule has 160 valence electrons. The third-order valence-electron chi connectivity index (χ3n) is 6.09. The second-order valence-corrected chi connectivity index (χ2v) is 10.3. The number of likely N-dealkylation sites (tertiary alicyclic amines) is 1. The molecule has 0 saturated carbocycles. The van der Waals surface area contributed by atoms with Crippen molar-refractivity contribution >= 4 is 35.5 Å². The summed E-state index contributed by atoms with van der Waals surface area (Å²) < 4.78 is -0.544. The molecule has 2 N–H and O–H groups in total. The topological polar surface area (TPSA) is 107 Å². The average Bonchev–Trinajstić information content (AvgIpc) is 3.34. The van der Waals surface area contributed by atoms with Crippen molar-refractivity contribution in [2.75, 3.05) is 6.54 Å². The number of thioether (sulfide) groups is 1. The number of carboxylic acid groups (broad SMARTS) is 1. The Morgan fingerprint density at radius 1 is 1.27 bits per heavy atom. The SMILES string of the molecule is C[C@H](NC(=O)[C@H]1N2C(=O)c3ccccc3[C@@H]2SC1(C)C)C(=O)N1CCC[C@H]1C(=O)O. The fraction of sp³-hybridized carbons (Fsp3) is 0.524. The van der Waals surface area contributed by atoms with Crippen LogP contribution in [0.1, 0.15) is 54.9 Å². The molecule has 2 saturated heterocycles. The number of hydrogen-bond acceptors (Lipinski definition) is 5. The molecule has 4 atom stereocenters. The maximum atomic E-state index is 13.2. The number of fused-ring (bicyclic) bond motifs is 3. The second-order valence-electron chi connectivity index (χ2n) is 8.53. The van der Waals surface area contributed by atoms with Crippen molar-refractivity contribution < 1.29 is 24.3 Å². The Morgan fingerprint density at radius 3 is 2.67 bits per heavy atom. The lowest BCUT2D eigenvalue weighted by Gasteiger charge is -2.31. The summed E-state index contributed by atoms with van der Waals surface area (Å²) in [6.07, 6.45) is 1.04. The fourth-order valence-electron chi connectivity index (χ4n) is 4.69. The number of nitrogens with one attached hydrogen (secondary N) is 1. The summed E-state index contributed by atoms with van der Waals surface area (Å²) in [5.74, 6) is -2.03. The molecule has 30 heavy (non-hydrogen) atoms. The van der Waals surface area contributed by atoms with Gasteiger partial charge in [0.1, 0.15) is 23.5 Å². The molecule has 8 nitrogen and oxygen atoms in total. The molecule has 0 aromatic heterocycles. The van der Waals surface area contributed by atoms with Crippen molar-refractivity contribution in [1.82, 2.24) is 15.1 Å². The van der Waals surface area contributed by atoms with Gasteiger partial charge in [-0.3, -0.25) is 14.4 Å². The van der Waals surface area contributed by atoms with Gasteiger partial charge < -0.3 is 20.2 Å². The summed E-state index contributed by atoms with van der Waals surface area (Å²) in [4.78, 5) is 53.4. The van der Waals surface area contributed by atoms with E-state index in [0.29, 0.717) is 24.9 Å². The van der Waals surface area contributed by atoms with E-state index >= 15 is 0 Å². The summed E-state index contributed by atoms with van der Waals surface area (Å²) in [6.45, 7) is 5.76. The van der Waals surface area contributed by atoms with E-state index in [2.05, 4.69) is 5.32 Å². The minimum Gasteiger partial charge on any atom is -0.480 e. The molecule has 0 aliphatic carbocycles. The minimum atomic E-state index is -1.03. The van der Waals surface area contributed by atoms with Crippen molar-refractivity contribution in [1.29, 1.82) is 0 Å². The van der Waals surface area contributed by atoms with Gasteiger partial charge in [-0.2, -0.15) is 0 Å². The number of hydrogen-bond donors (Lipinski definition) is 2. The van der Waals surface area contributed by atoms with E-state index in [-0.39, 0.29) is 11.3 Å². The second kappa shape index (κ2) is 7.30. The summed E-state index contributed by atoms with van der Waals surface area (Å²) in [5, 5.41) is 11.8. The summed E-state index contributed by atoms with van der Waals surface area (Å²) in [6, 6.07) is 4.89. The zero-order valence-corrected chi connectivity index (χ0v) is 17.9. The number of benzene rings is 1. The van der Waals surface area contributed by atoms with Crippen molar-refractivity contribution in [3.05, 3.63) is 35.4 Å². The minimum absolute atomic E-state index is 0.182. The van der Waals surface area contributed by atoms with Crippen molar-refractivity contribution in [3.8, 4) is 0 Å². The van der Waals surface area contributed by atoms with Crippen LogP contribution in [0.5, 0.6) is 0 Å². The van der Waals surface area contributed by atoms with E-state index in [9.17, 15) is 24.3 Å². The van der Waals surface area contributed by atoms with E-state index in [4.69, 9.17) is 0 Å². The van der Waals surface area contributed by atoms with Crippen LogP contribution >= 0.6 is 11.8 Å². The molecule has 0 unspecified atom stereocenters. The largest absolute Gasteiger partial charge is 0.480 e. The van der Waals surface area contributed by atoms with Gasteiger partial charge in [-0.15, -0.1) is 11.8 Å². The monoisotopic (exact) mass is 431 g/mol. The van der Waals surface area contributed by atoms with Gasteiger partial charge in [0.2, 0.25) is 11.8 Å². The Balaban J connectivity index is 1.52. The van der Waals surface area contributed by atoms with E-state index in [1.165, 1.54) is 4.90 Å². The lowest BCUT2D eigenvalue weighted by atomic mass is 10.0. The third kappa shape index (κ3) is 3.15. The van der Waals surface area contributed by atoms with Crippen molar-refractivity contribution in [3.63, 3.8) is 0 Å². The number of rotatable bonds is 4. The molecule has 0 bridgehead atoms. The van der Waals surface area contributed by atoms with E-state index in [1.807, 2.05) is 26.0 Å². The normalized spacial score (nSPS) is 27.6. The highest BCUT2D eigenvalue weighted by atomic mass is 32.2. The summed E-state index contributed by atoms with van der Waals surface area (Å²) in [7, 11) is 0. The quantitative estimate of drug-likeness (QED) is 0.750. The zero-order valence-electron chi connectivity index (χ0n) is 17.1. The summed E-state index contributed by atoms with van der Waals surface area (Å²) >= 11 is 1.56. The maximum Gasteiger partial charge on any atom is 0.326 e. The highest BCUT2D eigenvalue weighted by molar-refractivity contribution is 8.01. The number of aliphatic carboxylic acids is 1. The third-order valence-corrected chi connectivity index (χ3v) is 7.63. The molecular formula is C21H25N3O5S. The number of carbonyl (C=O) groups excluding carboxylic acids is 3. The van der Waals surface area contributed by atoms with Crippen LogP contribution in [0.4, 0.5) is 0 Å². The fourth-order valence-corrected chi connectivity index (χ4v) is 6.28. The predicted molar refractivity (Wildman–Crippen MR) is 111 cm³/mol. The Bertz CT molecular complexity index is 933. The van der Waals surface area contributed by atoms with E-state index in [1.54, 1.807) is 35.7 Å². The Hall–Kier alpha value is -2.55. The van der Waals surface area contributed by atoms with Crippen LogP contribution in [0.15, 0.2) is 24.3 Å². The molecule has 9 heteroatoms. The molecule has 4 rings (SSSR count). The van der Waals surface area contributed by atoms with Gasteiger partial charge in [-0.05, 0) is 45.2 Å². The molecule has 0 spiro atoms. The molecule has 2 fully saturated rings. The molecule has 3 heterocycles. The standard InChI is InChI=1S/C21H25N3O5S/c1-11(17(26)23-10-6-9-14(23)20(28)29)22-16(25)15-21(2,3)30-19-13-8-5-4-7-12(13)18(27)24(15)19/h4-5,7-8,11,14-15,19H,6,9-10H2,1-3H3,(H,22,25)(H,28,29)/t11-,14-,15+,19-/m0/s1. The highest BCUT2D eigenvalue weighted by Crippen LogP contribution is 2.56. The number of amides is 3. The van der Waals surface area contributed by atoms with Gasteiger partial charge in [0.15, 0.2) is 0 Å². The molecule has 3 aliphatic rings. The number of carboxylic acids is 1. The number of carbonyl (C=O) groups is 4. The molecule has 0 radical (unpaired) electrons. The van der Waals surface area contributed by atoms with Gasteiger partial charge >= 0.3 is 5.97 Å². The lowest BCUT2D eigenvalue weighted by Crippen LogP contribution is -2.57. The first-order valence-electron chi connectivity index (χ1n) is 10.1. The molecular weight excluding hydrogens is 406 g/mol. The molecule has 1 aromatic carbocycles. The first-order valence-corrected chi connectivity index (χ1v) is 10.9. The summed E-state index contributed by atoms with van der Waals surface area (Å²) in [5.41, 5.74) is 1.51. The Morgan fingerprint density at radius 2 is 1.97 bits per heavy atom. The van der Waals surface area contributed by atoms with E-state index < -0.39 is 40.7 Å². The highest BCUT2D eigenvalue weighted by Gasteiger charge is 2.57. The van der Waals surface area contributed by atoms with Crippen LogP contribution in [0.25, 0.3) is 0 Å². The van der Waals surface area contributed by atoms with Crippen LogP contribution in [0.3, 0.4) is 0 Å². The zero-order chi connectivity index (χ0) is 21.8. The smallest absolute Gasteiger partial charge is 0.326 e. The lowest BCUT2D eigenvalue weighted by molar-refractivity contribution is -0.149. The van der Waals surface area contributed by atoms with Crippen LogP contribution < -0.4 is 5.32 Å². The van der Waals surface area contributed by atoms with Crippen LogP contribution in [-0.2, 0) is 14.4 Å². The Labute approximate surface area is 179 Å². The first kappa shape index (κ1) is 20.7. The van der Waals surface area contributed by atoms with Gasteiger partial charge in [-0.25, -0.2) is 4.79 Å². The predicted octanol–water partition coefficient (Wildman–Crippen LogP) is 1.62. The van der Waals surface area contributed by atoms with Crippen molar-refractivity contribution in [2.24, 2.45) is 0 Å². The Kier molecular flexibility index (Phi) is 5.04. The van der Waals surface area contributed by atoms with Gasteiger partial charge in [0, 0.05) is 16.9 Å². The molecule has 3 aliphatic heterocycles. The van der Waals surface area contributed by atoms with Gasteiger partial charge in [0.05, 0.1) is 0 Å². The van der Waals surface area contributed by atoms with E-state index in [0.717, 1.165) is 5.56 Å². The van der Waals surface area contributed by atoms with Crippen molar-refractivity contribution in [2.45, 2.75) is 61.9 Å². The number of nitrogens with zero attached hydrogens (tertiary/aromatic N) is 2. The van der Waals surface area contributed by atoms with Gasteiger partial charge in [-0.1, -0.05) is 18.2 Å². The van der Waals surface area contributed by atoms with Crippen LogP contribution in [-0.4, -0.2) is 68.0 Å². The van der Waals surface area contributed by atoms with Crippen LogP contribution in [0.2, 0.25) is 0 Å². The van der Waals surface area contributed by atoms with Crippen LogP contribution in [0, 0.1) is 0 Å². The maximum absolute atomic E-state index is 13.2. The molecule has 1 aromatic rings. The first-order chi connectivity index (χ1) is 14.1. The van der Waals surface area contributed by atoms with Gasteiger partial charge in [0.25, 0.3) is 5.91 Å². The average molecular weight is 432 g/mol. The molecule has 3 amide bonds.